The quantitative estimate of drug-likeness (QED) is 0.739. The van der Waals surface area contributed by atoms with Crippen molar-refractivity contribution in [2.45, 2.75) is 57.7 Å². The van der Waals surface area contributed by atoms with Crippen LogP contribution < -0.4 is 10.6 Å². The monoisotopic (exact) mass is 228 g/mol. The number of rotatable bonds is 5. The summed E-state index contributed by atoms with van der Waals surface area (Å²) in [6, 6.07) is 0.299. The summed E-state index contributed by atoms with van der Waals surface area (Å²) in [6.45, 7) is 4.89. The SMILES string of the molecule is CCCC1CC(NC(C)C(=O)NC)CCO1. The molecule has 0 radical (unpaired) electrons. The zero-order valence-corrected chi connectivity index (χ0v) is 10.6. The number of nitrogens with one attached hydrogen (secondary N) is 2. The molecule has 94 valence electrons. The van der Waals surface area contributed by atoms with Crippen molar-refractivity contribution in [3.8, 4) is 0 Å². The predicted octanol–water partition coefficient (Wildman–Crippen LogP) is 1.06. The molecule has 1 aliphatic heterocycles. The second-order valence-corrected chi connectivity index (χ2v) is 4.51. The maximum absolute atomic E-state index is 11.4. The van der Waals surface area contributed by atoms with E-state index in [4.69, 9.17) is 4.74 Å². The second-order valence-electron chi connectivity index (χ2n) is 4.51. The maximum atomic E-state index is 11.4. The molecule has 3 unspecified atom stereocenters. The highest BCUT2D eigenvalue weighted by atomic mass is 16.5. The molecule has 0 aromatic rings. The zero-order valence-electron chi connectivity index (χ0n) is 10.6. The Morgan fingerprint density at radius 3 is 2.94 bits per heavy atom. The molecule has 0 aromatic heterocycles. The van der Waals surface area contributed by atoms with E-state index in [0.29, 0.717) is 12.1 Å². The van der Waals surface area contributed by atoms with Crippen molar-refractivity contribution in [3.63, 3.8) is 0 Å². The highest BCUT2D eigenvalue weighted by Gasteiger charge is 2.24. The number of amides is 1. The van der Waals surface area contributed by atoms with Crippen molar-refractivity contribution in [1.82, 2.24) is 10.6 Å². The fraction of sp³-hybridized carbons (Fsp3) is 0.917. The smallest absolute Gasteiger partial charge is 0.236 e. The van der Waals surface area contributed by atoms with Gasteiger partial charge in [0.1, 0.15) is 0 Å². The van der Waals surface area contributed by atoms with Gasteiger partial charge in [0, 0.05) is 19.7 Å². The van der Waals surface area contributed by atoms with Gasteiger partial charge in [-0.25, -0.2) is 0 Å². The molecular formula is C12H24N2O2. The summed E-state index contributed by atoms with van der Waals surface area (Å²) in [4.78, 5) is 11.4. The van der Waals surface area contributed by atoms with Crippen LogP contribution in [-0.4, -0.2) is 37.7 Å². The highest BCUT2D eigenvalue weighted by Crippen LogP contribution is 2.18. The van der Waals surface area contributed by atoms with Crippen molar-refractivity contribution in [2.75, 3.05) is 13.7 Å². The summed E-state index contributed by atoms with van der Waals surface area (Å²) in [7, 11) is 1.67. The number of hydrogen-bond acceptors (Lipinski definition) is 3. The van der Waals surface area contributed by atoms with Gasteiger partial charge in [0.15, 0.2) is 0 Å². The van der Waals surface area contributed by atoms with E-state index in [1.165, 1.54) is 0 Å². The number of carbonyl (C=O) groups excluding carboxylic acids is 1. The van der Waals surface area contributed by atoms with Gasteiger partial charge in [0.2, 0.25) is 5.91 Å². The van der Waals surface area contributed by atoms with Crippen LogP contribution in [0.1, 0.15) is 39.5 Å². The lowest BCUT2D eigenvalue weighted by molar-refractivity contribution is -0.122. The Morgan fingerprint density at radius 2 is 2.31 bits per heavy atom. The summed E-state index contributed by atoms with van der Waals surface area (Å²) in [6.07, 6.45) is 4.67. The Bertz CT molecular complexity index is 219. The van der Waals surface area contributed by atoms with E-state index >= 15 is 0 Å². The lowest BCUT2D eigenvalue weighted by Gasteiger charge is -2.31. The molecule has 1 saturated heterocycles. The van der Waals surface area contributed by atoms with Crippen LogP contribution >= 0.6 is 0 Å². The summed E-state index contributed by atoms with van der Waals surface area (Å²) >= 11 is 0. The Morgan fingerprint density at radius 1 is 1.56 bits per heavy atom. The summed E-state index contributed by atoms with van der Waals surface area (Å²) in [5.41, 5.74) is 0. The molecular weight excluding hydrogens is 204 g/mol. The molecule has 3 atom stereocenters. The summed E-state index contributed by atoms with van der Waals surface area (Å²) in [5, 5.41) is 6.02. The molecule has 1 rings (SSSR count). The van der Waals surface area contributed by atoms with Gasteiger partial charge >= 0.3 is 0 Å². The van der Waals surface area contributed by atoms with E-state index in [1.54, 1.807) is 7.05 Å². The zero-order chi connectivity index (χ0) is 12.0. The van der Waals surface area contributed by atoms with Gasteiger partial charge in [-0.2, -0.15) is 0 Å². The van der Waals surface area contributed by atoms with Crippen molar-refractivity contribution >= 4 is 5.91 Å². The lowest BCUT2D eigenvalue weighted by Crippen LogP contribution is -2.48. The fourth-order valence-corrected chi connectivity index (χ4v) is 2.20. The Labute approximate surface area is 98.1 Å². The van der Waals surface area contributed by atoms with Gasteiger partial charge in [-0.3, -0.25) is 4.79 Å². The molecule has 0 aliphatic carbocycles. The minimum atomic E-state index is -0.115. The Kier molecular flexibility index (Phi) is 5.77. The first kappa shape index (κ1) is 13.5. The van der Waals surface area contributed by atoms with Crippen LogP contribution in [0, 0.1) is 0 Å². The van der Waals surface area contributed by atoms with Crippen LogP contribution in [-0.2, 0) is 9.53 Å². The summed E-state index contributed by atoms with van der Waals surface area (Å²) < 4.78 is 5.68. The van der Waals surface area contributed by atoms with Crippen LogP contribution in [0.3, 0.4) is 0 Å². The average molecular weight is 228 g/mol. The molecule has 1 fully saturated rings. The molecule has 4 nitrogen and oxygen atoms in total. The van der Waals surface area contributed by atoms with Crippen LogP contribution in [0.15, 0.2) is 0 Å². The highest BCUT2D eigenvalue weighted by molar-refractivity contribution is 5.80. The Hall–Kier alpha value is -0.610. The third-order valence-electron chi connectivity index (χ3n) is 3.10. The molecule has 0 bridgehead atoms. The molecule has 16 heavy (non-hydrogen) atoms. The third-order valence-corrected chi connectivity index (χ3v) is 3.10. The molecule has 2 N–H and O–H groups in total. The van der Waals surface area contributed by atoms with Gasteiger partial charge in [-0.1, -0.05) is 13.3 Å². The number of likely N-dealkylation sites (N-methyl/N-ethyl adjacent to an activating group) is 1. The van der Waals surface area contributed by atoms with Gasteiger partial charge < -0.3 is 15.4 Å². The average Bonchev–Trinajstić information content (AvgIpc) is 2.29. The second kappa shape index (κ2) is 6.86. The normalized spacial score (nSPS) is 27.4. The van der Waals surface area contributed by atoms with Crippen molar-refractivity contribution in [1.29, 1.82) is 0 Å². The molecule has 0 spiro atoms. The molecule has 1 amide bonds. The minimum absolute atomic E-state index is 0.0542. The van der Waals surface area contributed by atoms with Crippen molar-refractivity contribution in [3.05, 3.63) is 0 Å². The van der Waals surface area contributed by atoms with E-state index < -0.39 is 0 Å². The largest absolute Gasteiger partial charge is 0.378 e. The standard InChI is InChI=1S/C12H24N2O2/c1-4-5-11-8-10(6-7-16-11)14-9(2)12(15)13-3/h9-11,14H,4-8H2,1-3H3,(H,13,15). The fourth-order valence-electron chi connectivity index (χ4n) is 2.20. The number of hydrogen-bond donors (Lipinski definition) is 2. The van der Waals surface area contributed by atoms with E-state index in [1.807, 2.05) is 6.92 Å². The van der Waals surface area contributed by atoms with Crippen LogP contribution in [0.5, 0.6) is 0 Å². The van der Waals surface area contributed by atoms with E-state index in [-0.39, 0.29) is 11.9 Å². The minimum Gasteiger partial charge on any atom is -0.378 e. The molecule has 0 saturated carbocycles. The maximum Gasteiger partial charge on any atom is 0.236 e. The first-order chi connectivity index (χ1) is 7.67. The third kappa shape index (κ3) is 4.10. The van der Waals surface area contributed by atoms with Gasteiger partial charge in [-0.05, 0) is 26.2 Å². The molecule has 0 aromatic carbocycles. The van der Waals surface area contributed by atoms with Gasteiger partial charge in [0.25, 0.3) is 0 Å². The van der Waals surface area contributed by atoms with Crippen LogP contribution in [0.4, 0.5) is 0 Å². The number of carbonyl (C=O) groups is 1. The molecule has 1 heterocycles. The summed E-state index contributed by atoms with van der Waals surface area (Å²) in [5.74, 6) is 0.0542. The predicted molar refractivity (Wildman–Crippen MR) is 64.3 cm³/mol. The first-order valence-electron chi connectivity index (χ1n) is 6.26. The van der Waals surface area contributed by atoms with E-state index in [0.717, 1.165) is 32.3 Å². The van der Waals surface area contributed by atoms with Crippen molar-refractivity contribution < 1.29 is 9.53 Å². The first-order valence-corrected chi connectivity index (χ1v) is 6.26. The van der Waals surface area contributed by atoms with Gasteiger partial charge in [-0.15, -0.1) is 0 Å². The van der Waals surface area contributed by atoms with Crippen LogP contribution in [0.25, 0.3) is 0 Å². The molecule has 4 heteroatoms. The molecule has 1 aliphatic rings. The van der Waals surface area contributed by atoms with Gasteiger partial charge in [0.05, 0.1) is 12.1 Å². The van der Waals surface area contributed by atoms with E-state index in [9.17, 15) is 4.79 Å². The van der Waals surface area contributed by atoms with Crippen LogP contribution in [0.2, 0.25) is 0 Å². The van der Waals surface area contributed by atoms with E-state index in [2.05, 4.69) is 17.6 Å². The number of ether oxygens (including phenoxy) is 1. The Balaban J connectivity index is 2.33. The van der Waals surface area contributed by atoms with Crippen molar-refractivity contribution in [2.24, 2.45) is 0 Å². The lowest BCUT2D eigenvalue weighted by atomic mass is 9.99. The topological polar surface area (TPSA) is 50.4 Å².